The largest absolute Gasteiger partial charge is 0.367 e. The van der Waals surface area contributed by atoms with E-state index in [0.29, 0.717) is 20.8 Å². The molecule has 0 aromatic heterocycles. The Labute approximate surface area is 180 Å². The Balaban J connectivity index is 1.66. The zero-order chi connectivity index (χ0) is 19.9. The van der Waals surface area contributed by atoms with E-state index in [1.807, 2.05) is 18.2 Å². The molecule has 0 fully saturated rings. The van der Waals surface area contributed by atoms with Crippen LogP contribution in [0.1, 0.15) is 18.1 Å². The average molecular weight is 433 g/mol. The van der Waals surface area contributed by atoms with Crippen molar-refractivity contribution in [2.24, 2.45) is 5.10 Å². The number of nitrogens with one attached hydrogen (secondary N) is 1. The number of benzene rings is 3. The van der Waals surface area contributed by atoms with Crippen LogP contribution in [0.3, 0.4) is 0 Å². The van der Waals surface area contributed by atoms with Gasteiger partial charge in [-0.3, -0.25) is 5.43 Å². The molecule has 3 aromatic rings. The molecule has 0 spiro atoms. The van der Waals surface area contributed by atoms with Crippen LogP contribution in [0.5, 0.6) is 0 Å². The maximum Gasteiger partial charge on any atom is 0.0935 e. The molecule has 144 valence electrons. The molecule has 0 unspecified atom stereocenters. The zero-order valence-electron chi connectivity index (χ0n) is 15.4. The molecule has 0 amide bonds. The molecule has 3 rings (SSSR count). The SMILES string of the molecule is CCN(Cc1ccccc1)c1ccc(/C=N\Nc2c(Cl)cc(Cl)cc2Cl)cc1. The van der Waals surface area contributed by atoms with Crippen molar-refractivity contribution >= 4 is 52.4 Å². The molecule has 0 bridgehead atoms. The van der Waals surface area contributed by atoms with Crippen molar-refractivity contribution in [2.75, 3.05) is 16.9 Å². The number of hydrogen-bond acceptors (Lipinski definition) is 3. The third-order valence-corrected chi connectivity index (χ3v) is 5.07. The molecule has 0 saturated heterocycles. The van der Waals surface area contributed by atoms with Gasteiger partial charge in [0.25, 0.3) is 0 Å². The van der Waals surface area contributed by atoms with Crippen molar-refractivity contribution < 1.29 is 0 Å². The molecule has 0 atom stereocenters. The van der Waals surface area contributed by atoms with Gasteiger partial charge in [-0.05, 0) is 42.3 Å². The monoisotopic (exact) mass is 431 g/mol. The van der Waals surface area contributed by atoms with Crippen molar-refractivity contribution in [3.63, 3.8) is 0 Å². The quantitative estimate of drug-likeness (QED) is 0.318. The summed E-state index contributed by atoms with van der Waals surface area (Å²) in [7, 11) is 0. The second kappa shape index (κ2) is 9.83. The van der Waals surface area contributed by atoms with Crippen LogP contribution < -0.4 is 10.3 Å². The average Bonchev–Trinajstić information content (AvgIpc) is 2.69. The van der Waals surface area contributed by atoms with Crippen molar-refractivity contribution in [1.29, 1.82) is 0 Å². The van der Waals surface area contributed by atoms with Crippen molar-refractivity contribution in [3.05, 3.63) is 92.9 Å². The van der Waals surface area contributed by atoms with E-state index in [4.69, 9.17) is 34.8 Å². The van der Waals surface area contributed by atoms with Crippen LogP contribution in [0.4, 0.5) is 11.4 Å². The first-order valence-electron chi connectivity index (χ1n) is 8.89. The number of anilines is 2. The molecular weight excluding hydrogens is 413 g/mol. The second-order valence-electron chi connectivity index (χ2n) is 6.21. The molecule has 0 aliphatic carbocycles. The first kappa shape index (κ1) is 20.5. The summed E-state index contributed by atoms with van der Waals surface area (Å²) in [6.07, 6.45) is 1.72. The summed E-state index contributed by atoms with van der Waals surface area (Å²) in [5.74, 6) is 0. The Kier molecular flexibility index (Phi) is 7.21. The lowest BCUT2D eigenvalue weighted by Crippen LogP contribution is -2.21. The smallest absolute Gasteiger partial charge is 0.0935 e. The summed E-state index contributed by atoms with van der Waals surface area (Å²) in [6, 6.07) is 21.9. The van der Waals surface area contributed by atoms with Crippen LogP contribution in [0.2, 0.25) is 15.1 Å². The standard InChI is InChI=1S/C22H20Cl3N3/c1-2-28(15-17-6-4-3-5-7-17)19-10-8-16(9-11-19)14-26-27-22-20(24)12-18(23)13-21(22)25/h3-14,27H,2,15H2,1H3/b26-14-. The van der Waals surface area contributed by atoms with Gasteiger partial charge in [0.1, 0.15) is 0 Å². The molecule has 0 heterocycles. The molecule has 1 N–H and O–H groups in total. The van der Waals surface area contributed by atoms with Crippen LogP contribution in [0.25, 0.3) is 0 Å². The zero-order valence-corrected chi connectivity index (χ0v) is 17.6. The van der Waals surface area contributed by atoms with E-state index in [9.17, 15) is 0 Å². The number of halogens is 3. The highest BCUT2D eigenvalue weighted by atomic mass is 35.5. The topological polar surface area (TPSA) is 27.6 Å². The van der Waals surface area contributed by atoms with Gasteiger partial charge >= 0.3 is 0 Å². The van der Waals surface area contributed by atoms with E-state index in [1.165, 1.54) is 11.3 Å². The van der Waals surface area contributed by atoms with E-state index < -0.39 is 0 Å². The highest BCUT2D eigenvalue weighted by Crippen LogP contribution is 2.33. The highest BCUT2D eigenvalue weighted by molar-refractivity contribution is 6.41. The Morgan fingerprint density at radius 1 is 0.929 bits per heavy atom. The highest BCUT2D eigenvalue weighted by Gasteiger charge is 2.07. The van der Waals surface area contributed by atoms with E-state index in [2.05, 4.69) is 58.7 Å². The van der Waals surface area contributed by atoms with Gasteiger partial charge in [-0.2, -0.15) is 5.10 Å². The molecule has 28 heavy (non-hydrogen) atoms. The van der Waals surface area contributed by atoms with E-state index >= 15 is 0 Å². The molecule has 3 nitrogen and oxygen atoms in total. The van der Waals surface area contributed by atoms with Gasteiger partial charge in [0, 0.05) is 23.8 Å². The lowest BCUT2D eigenvalue weighted by Gasteiger charge is -2.23. The fourth-order valence-corrected chi connectivity index (χ4v) is 3.68. The van der Waals surface area contributed by atoms with Crippen LogP contribution in [0.15, 0.2) is 71.8 Å². The number of hydrazone groups is 1. The molecular formula is C22H20Cl3N3. The van der Waals surface area contributed by atoms with Crippen LogP contribution in [0, 0.1) is 0 Å². The van der Waals surface area contributed by atoms with Gasteiger partial charge in [0.05, 0.1) is 21.9 Å². The second-order valence-corrected chi connectivity index (χ2v) is 7.46. The lowest BCUT2D eigenvalue weighted by atomic mass is 10.1. The summed E-state index contributed by atoms with van der Waals surface area (Å²) < 4.78 is 0. The number of rotatable bonds is 7. The maximum atomic E-state index is 6.14. The summed E-state index contributed by atoms with van der Waals surface area (Å²) in [5.41, 5.74) is 6.82. The fraction of sp³-hybridized carbons (Fsp3) is 0.136. The minimum absolute atomic E-state index is 0.421. The normalized spacial score (nSPS) is 11.0. The first-order chi connectivity index (χ1) is 13.6. The van der Waals surface area contributed by atoms with Gasteiger partial charge in [-0.15, -0.1) is 0 Å². The third kappa shape index (κ3) is 5.41. The fourth-order valence-electron chi connectivity index (χ4n) is 2.78. The molecule has 3 aromatic carbocycles. The van der Waals surface area contributed by atoms with Gasteiger partial charge in [-0.1, -0.05) is 77.3 Å². The van der Waals surface area contributed by atoms with Crippen LogP contribution >= 0.6 is 34.8 Å². The Morgan fingerprint density at radius 2 is 1.57 bits per heavy atom. The molecule has 0 aliphatic rings. The maximum absolute atomic E-state index is 6.14. The predicted molar refractivity (Wildman–Crippen MR) is 122 cm³/mol. The van der Waals surface area contributed by atoms with E-state index in [0.717, 1.165) is 18.7 Å². The Hall–Kier alpha value is -2.20. The Bertz CT molecular complexity index is 918. The summed E-state index contributed by atoms with van der Waals surface area (Å²) in [5, 5.41) is 5.55. The molecule has 0 aliphatic heterocycles. The van der Waals surface area contributed by atoms with Gasteiger partial charge < -0.3 is 4.90 Å². The minimum atomic E-state index is 0.421. The van der Waals surface area contributed by atoms with Crippen molar-refractivity contribution in [2.45, 2.75) is 13.5 Å². The van der Waals surface area contributed by atoms with Gasteiger partial charge in [-0.25, -0.2) is 0 Å². The predicted octanol–water partition coefficient (Wildman–Crippen LogP) is 7.12. The van der Waals surface area contributed by atoms with Gasteiger partial charge in [0.15, 0.2) is 0 Å². The first-order valence-corrected chi connectivity index (χ1v) is 10.0. The van der Waals surface area contributed by atoms with Crippen LogP contribution in [-0.2, 0) is 6.54 Å². The lowest BCUT2D eigenvalue weighted by molar-refractivity contribution is 0.832. The van der Waals surface area contributed by atoms with Crippen molar-refractivity contribution in [3.8, 4) is 0 Å². The third-order valence-electron chi connectivity index (χ3n) is 4.25. The molecule has 0 saturated carbocycles. The number of hydrogen-bond donors (Lipinski definition) is 1. The minimum Gasteiger partial charge on any atom is -0.367 e. The summed E-state index contributed by atoms with van der Waals surface area (Å²) in [4.78, 5) is 2.32. The van der Waals surface area contributed by atoms with E-state index in [-0.39, 0.29) is 0 Å². The Morgan fingerprint density at radius 3 is 2.18 bits per heavy atom. The number of nitrogens with zero attached hydrogens (tertiary/aromatic N) is 2. The van der Waals surface area contributed by atoms with Crippen LogP contribution in [-0.4, -0.2) is 12.8 Å². The van der Waals surface area contributed by atoms with E-state index in [1.54, 1.807) is 18.3 Å². The molecule has 6 heteroatoms. The van der Waals surface area contributed by atoms with Crippen molar-refractivity contribution in [1.82, 2.24) is 0 Å². The van der Waals surface area contributed by atoms with Gasteiger partial charge in [0.2, 0.25) is 0 Å². The summed E-state index contributed by atoms with van der Waals surface area (Å²) >= 11 is 18.2. The molecule has 0 radical (unpaired) electrons. The summed E-state index contributed by atoms with van der Waals surface area (Å²) in [6.45, 7) is 3.96.